The molecule has 0 aliphatic carbocycles. The highest BCUT2D eigenvalue weighted by molar-refractivity contribution is 5.84. The highest BCUT2D eigenvalue weighted by atomic mass is 16.2. The monoisotopic (exact) mass is 311 g/mol. The van der Waals surface area contributed by atoms with E-state index in [2.05, 4.69) is 10.4 Å². The Hall–Kier alpha value is -2.81. The summed E-state index contributed by atoms with van der Waals surface area (Å²) in [4.78, 5) is 13.8. The molecule has 2 rings (SSSR count). The lowest BCUT2D eigenvalue weighted by atomic mass is 10.2. The third-order valence-corrected chi connectivity index (χ3v) is 3.52. The van der Waals surface area contributed by atoms with Crippen molar-refractivity contribution in [3.63, 3.8) is 0 Å². The largest absolute Gasteiger partial charge is 0.374 e. The van der Waals surface area contributed by atoms with E-state index in [9.17, 15) is 4.79 Å². The molecule has 120 valence electrons. The number of hydrogen-bond acceptors (Lipinski definition) is 4. The second-order valence-electron chi connectivity index (χ2n) is 5.44. The van der Waals surface area contributed by atoms with Crippen LogP contribution in [0.1, 0.15) is 18.9 Å². The van der Waals surface area contributed by atoms with Crippen molar-refractivity contribution in [1.82, 2.24) is 14.7 Å². The molecule has 0 saturated heterocycles. The topological polar surface area (TPSA) is 74.0 Å². The standard InChI is InChI=1S/C17H21N5O/c1-14(17(23)21(2)10-4-8-18)20-16-7-3-6-15(12-16)13-22-11-5-9-19-22/h3,5-7,9,11-12,14,20H,4,10,13H2,1-2H3/t14-/m0/s1. The average Bonchev–Trinajstić information content (AvgIpc) is 3.05. The number of hydrogen-bond donors (Lipinski definition) is 1. The van der Waals surface area contributed by atoms with Crippen LogP contribution in [0.4, 0.5) is 5.69 Å². The summed E-state index contributed by atoms with van der Waals surface area (Å²) >= 11 is 0. The van der Waals surface area contributed by atoms with Crippen molar-refractivity contribution in [3.8, 4) is 6.07 Å². The van der Waals surface area contributed by atoms with Gasteiger partial charge in [-0.2, -0.15) is 10.4 Å². The van der Waals surface area contributed by atoms with E-state index in [0.29, 0.717) is 19.5 Å². The molecule has 0 saturated carbocycles. The van der Waals surface area contributed by atoms with Gasteiger partial charge in [0.1, 0.15) is 6.04 Å². The minimum atomic E-state index is -0.348. The van der Waals surface area contributed by atoms with Crippen molar-refractivity contribution in [2.45, 2.75) is 25.9 Å². The number of nitrogens with one attached hydrogen (secondary N) is 1. The van der Waals surface area contributed by atoms with Crippen LogP contribution >= 0.6 is 0 Å². The van der Waals surface area contributed by atoms with Gasteiger partial charge in [0.2, 0.25) is 5.91 Å². The maximum Gasteiger partial charge on any atom is 0.244 e. The van der Waals surface area contributed by atoms with Gasteiger partial charge in [-0.05, 0) is 30.7 Å². The van der Waals surface area contributed by atoms with Gasteiger partial charge in [0.25, 0.3) is 0 Å². The number of carbonyl (C=O) groups is 1. The first-order valence-corrected chi connectivity index (χ1v) is 7.55. The van der Waals surface area contributed by atoms with Gasteiger partial charge in [0.15, 0.2) is 0 Å². The third kappa shape index (κ3) is 4.85. The van der Waals surface area contributed by atoms with Gasteiger partial charge in [-0.15, -0.1) is 0 Å². The molecule has 1 atom stereocenters. The van der Waals surface area contributed by atoms with E-state index in [1.54, 1.807) is 18.1 Å². The van der Waals surface area contributed by atoms with E-state index in [4.69, 9.17) is 5.26 Å². The molecule has 0 unspecified atom stereocenters. The molecule has 0 aliphatic heterocycles. The Balaban J connectivity index is 1.96. The smallest absolute Gasteiger partial charge is 0.244 e. The molecule has 0 bridgehead atoms. The minimum absolute atomic E-state index is 0.0299. The number of benzene rings is 1. The molecular weight excluding hydrogens is 290 g/mol. The molecule has 0 radical (unpaired) electrons. The second-order valence-corrected chi connectivity index (χ2v) is 5.44. The summed E-state index contributed by atoms with van der Waals surface area (Å²) in [6, 6.07) is 11.5. The van der Waals surface area contributed by atoms with Crippen LogP contribution in [0.2, 0.25) is 0 Å². The molecule has 6 nitrogen and oxygen atoms in total. The molecule has 1 N–H and O–H groups in total. The lowest BCUT2D eigenvalue weighted by Gasteiger charge is -2.22. The fourth-order valence-electron chi connectivity index (χ4n) is 2.31. The molecule has 0 fully saturated rings. The summed E-state index contributed by atoms with van der Waals surface area (Å²) < 4.78 is 1.85. The van der Waals surface area contributed by atoms with Crippen LogP contribution in [0.3, 0.4) is 0 Å². The van der Waals surface area contributed by atoms with Crippen LogP contribution in [-0.2, 0) is 11.3 Å². The quantitative estimate of drug-likeness (QED) is 0.850. The van der Waals surface area contributed by atoms with E-state index >= 15 is 0 Å². The van der Waals surface area contributed by atoms with Crippen LogP contribution < -0.4 is 5.32 Å². The lowest BCUT2D eigenvalue weighted by molar-refractivity contribution is -0.130. The van der Waals surface area contributed by atoms with Crippen LogP contribution in [0, 0.1) is 11.3 Å². The molecule has 6 heteroatoms. The lowest BCUT2D eigenvalue weighted by Crippen LogP contribution is -2.39. The summed E-state index contributed by atoms with van der Waals surface area (Å²) in [5.41, 5.74) is 2.00. The summed E-state index contributed by atoms with van der Waals surface area (Å²) in [7, 11) is 1.71. The zero-order chi connectivity index (χ0) is 16.7. The van der Waals surface area contributed by atoms with E-state index in [-0.39, 0.29) is 11.9 Å². The molecular formula is C17H21N5O. The van der Waals surface area contributed by atoms with Gasteiger partial charge in [0.05, 0.1) is 19.0 Å². The van der Waals surface area contributed by atoms with Gasteiger partial charge in [-0.3, -0.25) is 9.48 Å². The summed E-state index contributed by atoms with van der Waals surface area (Å²) in [6.07, 6.45) is 4.00. The van der Waals surface area contributed by atoms with E-state index in [0.717, 1.165) is 11.3 Å². The zero-order valence-corrected chi connectivity index (χ0v) is 13.4. The molecule has 2 aromatic rings. The van der Waals surface area contributed by atoms with Crippen molar-refractivity contribution >= 4 is 11.6 Å². The molecule has 23 heavy (non-hydrogen) atoms. The number of rotatable bonds is 7. The number of nitrogens with zero attached hydrogens (tertiary/aromatic N) is 4. The number of anilines is 1. The third-order valence-electron chi connectivity index (χ3n) is 3.52. The highest BCUT2D eigenvalue weighted by Crippen LogP contribution is 2.13. The predicted octanol–water partition coefficient (Wildman–Crippen LogP) is 2.10. The van der Waals surface area contributed by atoms with Gasteiger partial charge >= 0.3 is 0 Å². The maximum absolute atomic E-state index is 12.2. The average molecular weight is 311 g/mol. The van der Waals surface area contributed by atoms with E-state index < -0.39 is 0 Å². The Morgan fingerprint density at radius 2 is 2.30 bits per heavy atom. The number of aromatic nitrogens is 2. The first-order chi connectivity index (χ1) is 11.1. The summed E-state index contributed by atoms with van der Waals surface area (Å²) in [5, 5.41) is 16.0. The van der Waals surface area contributed by atoms with Crippen LogP contribution in [-0.4, -0.2) is 40.2 Å². The molecule has 1 amide bonds. The van der Waals surface area contributed by atoms with Crippen molar-refractivity contribution in [2.24, 2.45) is 0 Å². The second kappa shape index (κ2) is 7.99. The Bertz CT molecular complexity index is 675. The number of likely N-dealkylation sites (N-methyl/N-ethyl adjacent to an activating group) is 1. The number of nitriles is 1. The summed E-state index contributed by atoms with van der Waals surface area (Å²) in [6.45, 7) is 2.96. The van der Waals surface area contributed by atoms with Crippen LogP contribution in [0.15, 0.2) is 42.7 Å². The Kier molecular flexibility index (Phi) is 5.75. The van der Waals surface area contributed by atoms with Crippen LogP contribution in [0.25, 0.3) is 0 Å². The molecule has 1 heterocycles. The van der Waals surface area contributed by atoms with Crippen LogP contribution in [0.5, 0.6) is 0 Å². The normalized spacial score (nSPS) is 11.5. The van der Waals surface area contributed by atoms with Crippen molar-refractivity contribution in [1.29, 1.82) is 5.26 Å². The highest BCUT2D eigenvalue weighted by Gasteiger charge is 2.17. The molecule has 1 aromatic heterocycles. The van der Waals surface area contributed by atoms with Gasteiger partial charge in [-0.1, -0.05) is 12.1 Å². The first kappa shape index (κ1) is 16.6. The van der Waals surface area contributed by atoms with Gasteiger partial charge in [0, 0.05) is 31.7 Å². The maximum atomic E-state index is 12.2. The molecule has 0 spiro atoms. The fourth-order valence-corrected chi connectivity index (χ4v) is 2.31. The Labute approximate surface area is 136 Å². The number of carbonyl (C=O) groups excluding carboxylic acids is 1. The Morgan fingerprint density at radius 1 is 1.48 bits per heavy atom. The molecule has 0 aliphatic rings. The minimum Gasteiger partial charge on any atom is -0.374 e. The first-order valence-electron chi connectivity index (χ1n) is 7.55. The van der Waals surface area contributed by atoms with Crippen molar-refractivity contribution in [2.75, 3.05) is 18.9 Å². The fraction of sp³-hybridized carbons (Fsp3) is 0.353. The summed E-state index contributed by atoms with van der Waals surface area (Å²) in [5.74, 6) is -0.0299. The predicted molar refractivity (Wildman–Crippen MR) is 88.7 cm³/mol. The molecule has 1 aromatic carbocycles. The SMILES string of the molecule is C[C@H](Nc1cccc(Cn2cccn2)c1)C(=O)N(C)CCC#N. The van der Waals surface area contributed by atoms with E-state index in [1.165, 1.54) is 0 Å². The van der Waals surface area contributed by atoms with Gasteiger partial charge < -0.3 is 10.2 Å². The van der Waals surface area contributed by atoms with Gasteiger partial charge in [-0.25, -0.2) is 0 Å². The number of amides is 1. The van der Waals surface area contributed by atoms with Crippen molar-refractivity contribution < 1.29 is 4.79 Å². The Morgan fingerprint density at radius 3 is 3.00 bits per heavy atom. The van der Waals surface area contributed by atoms with Crippen molar-refractivity contribution in [3.05, 3.63) is 48.3 Å². The van der Waals surface area contributed by atoms with E-state index in [1.807, 2.05) is 54.2 Å². The zero-order valence-electron chi connectivity index (χ0n) is 13.4.